The van der Waals surface area contributed by atoms with Gasteiger partial charge in [-0.3, -0.25) is 9.59 Å². The number of carbonyl (C=O) groups is 2. The number of nitrogens with zero attached hydrogens (tertiary/aromatic N) is 1. The third-order valence-electron chi connectivity index (χ3n) is 5.17. The highest BCUT2D eigenvalue weighted by Gasteiger charge is 2.23. The summed E-state index contributed by atoms with van der Waals surface area (Å²) in [4.78, 5) is 26.8. The Kier molecular flexibility index (Phi) is 6.17. The van der Waals surface area contributed by atoms with Gasteiger partial charge in [-0.25, -0.2) is 0 Å². The predicted octanol–water partition coefficient (Wildman–Crippen LogP) is 4.40. The molecule has 0 spiro atoms. The second-order valence-electron chi connectivity index (χ2n) is 7.64. The monoisotopic (exact) mass is 414 g/mol. The van der Waals surface area contributed by atoms with Gasteiger partial charge in [0.2, 0.25) is 5.91 Å². The number of amides is 2. The van der Waals surface area contributed by atoms with Crippen LogP contribution in [0.15, 0.2) is 78.9 Å². The smallest absolute Gasteiger partial charge is 0.251 e. The summed E-state index contributed by atoms with van der Waals surface area (Å²) in [6.07, 6.45) is 2.07. The largest absolute Gasteiger partial charge is 0.374 e. The van der Waals surface area contributed by atoms with E-state index in [1.54, 1.807) is 24.3 Å². The van der Waals surface area contributed by atoms with Crippen LogP contribution in [-0.4, -0.2) is 31.4 Å². The SMILES string of the molecule is CN(c1ccccc1)c1ccccc1NCC(=O)Nc1cccc(C(=O)NC2CC2)c1. The molecule has 3 aromatic carbocycles. The molecule has 0 aliphatic heterocycles. The molecule has 0 radical (unpaired) electrons. The summed E-state index contributed by atoms with van der Waals surface area (Å²) in [5.41, 5.74) is 4.04. The first-order valence-electron chi connectivity index (χ1n) is 10.4. The molecule has 1 aliphatic carbocycles. The topological polar surface area (TPSA) is 73.5 Å². The van der Waals surface area contributed by atoms with Crippen LogP contribution < -0.4 is 20.9 Å². The van der Waals surface area contributed by atoms with Crippen molar-refractivity contribution < 1.29 is 9.59 Å². The number of anilines is 4. The van der Waals surface area contributed by atoms with Crippen molar-refractivity contribution in [1.82, 2.24) is 5.32 Å². The standard InChI is InChI=1S/C25H26N4O2/c1-29(21-10-3-2-4-11-21)23-13-6-5-12-22(23)26-17-24(30)27-20-9-7-8-18(16-20)25(31)28-19-14-15-19/h2-13,16,19,26H,14-15,17H2,1H3,(H,27,30)(H,28,31). The first kappa shape index (κ1) is 20.5. The van der Waals surface area contributed by atoms with Crippen LogP contribution in [0.4, 0.5) is 22.7 Å². The van der Waals surface area contributed by atoms with Crippen molar-refractivity contribution in [2.75, 3.05) is 29.1 Å². The number of benzene rings is 3. The zero-order valence-corrected chi connectivity index (χ0v) is 17.5. The van der Waals surface area contributed by atoms with E-state index in [0.29, 0.717) is 17.3 Å². The molecular formula is C25H26N4O2. The van der Waals surface area contributed by atoms with Crippen molar-refractivity contribution in [3.63, 3.8) is 0 Å². The molecule has 1 fully saturated rings. The fraction of sp³-hybridized carbons (Fsp3) is 0.200. The molecule has 3 aromatic rings. The molecule has 6 nitrogen and oxygen atoms in total. The second kappa shape index (κ2) is 9.34. The van der Waals surface area contributed by atoms with Crippen molar-refractivity contribution in [3.8, 4) is 0 Å². The molecule has 0 aromatic heterocycles. The number of hydrogen-bond acceptors (Lipinski definition) is 4. The Labute approximate surface area is 182 Å². The highest BCUT2D eigenvalue weighted by Crippen LogP contribution is 2.30. The van der Waals surface area contributed by atoms with Gasteiger partial charge in [0.15, 0.2) is 0 Å². The van der Waals surface area contributed by atoms with E-state index in [1.807, 2.05) is 61.6 Å². The van der Waals surface area contributed by atoms with Gasteiger partial charge in [0.05, 0.1) is 17.9 Å². The number of nitrogens with one attached hydrogen (secondary N) is 3. The Morgan fingerprint density at radius 3 is 2.45 bits per heavy atom. The maximum absolute atomic E-state index is 12.5. The van der Waals surface area contributed by atoms with Crippen LogP contribution in [0.2, 0.25) is 0 Å². The molecule has 0 atom stereocenters. The Bertz CT molecular complexity index is 1060. The summed E-state index contributed by atoms with van der Waals surface area (Å²) in [7, 11) is 1.99. The van der Waals surface area contributed by atoms with Gasteiger partial charge in [0.1, 0.15) is 0 Å². The molecule has 3 N–H and O–H groups in total. The molecule has 6 heteroatoms. The maximum Gasteiger partial charge on any atom is 0.251 e. The summed E-state index contributed by atoms with van der Waals surface area (Å²) in [6.45, 7) is 0.109. The molecule has 1 saturated carbocycles. The van der Waals surface area contributed by atoms with Gasteiger partial charge in [-0.05, 0) is 55.3 Å². The van der Waals surface area contributed by atoms with Gasteiger partial charge >= 0.3 is 0 Å². The van der Waals surface area contributed by atoms with Crippen molar-refractivity contribution in [3.05, 3.63) is 84.4 Å². The minimum atomic E-state index is -0.183. The van der Waals surface area contributed by atoms with Crippen LogP contribution in [0.25, 0.3) is 0 Å². The van der Waals surface area contributed by atoms with Crippen LogP contribution in [0.3, 0.4) is 0 Å². The van der Waals surface area contributed by atoms with Crippen LogP contribution in [-0.2, 0) is 4.79 Å². The Hall–Kier alpha value is -3.80. The minimum absolute atomic E-state index is 0.102. The molecule has 31 heavy (non-hydrogen) atoms. The van der Waals surface area contributed by atoms with E-state index in [-0.39, 0.29) is 18.4 Å². The van der Waals surface area contributed by atoms with Crippen molar-refractivity contribution >= 4 is 34.6 Å². The lowest BCUT2D eigenvalue weighted by atomic mass is 10.2. The number of para-hydroxylation sites is 3. The summed E-state index contributed by atoms with van der Waals surface area (Å²) in [6, 6.07) is 25.2. The van der Waals surface area contributed by atoms with Crippen LogP contribution >= 0.6 is 0 Å². The van der Waals surface area contributed by atoms with Gasteiger partial charge in [0, 0.05) is 30.0 Å². The molecule has 0 heterocycles. The van der Waals surface area contributed by atoms with Gasteiger partial charge in [0.25, 0.3) is 5.91 Å². The van der Waals surface area contributed by atoms with Gasteiger partial charge in [-0.15, -0.1) is 0 Å². The van der Waals surface area contributed by atoms with Crippen molar-refractivity contribution in [1.29, 1.82) is 0 Å². The Morgan fingerprint density at radius 2 is 1.68 bits per heavy atom. The van der Waals surface area contributed by atoms with Crippen LogP contribution in [0.1, 0.15) is 23.2 Å². The normalized spacial score (nSPS) is 12.7. The number of hydrogen-bond donors (Lipinski definition) is 3. The fourth-order valence-corrected chi connectivity index (χ4v) is 3.32. The lowest BCUT2D eigenvalue weighted by molar-refractivity contribution is -0.114. The number of carbonyl (C=O) groups excluding carboxylic acids is 2. The molecule has 0 unspecified atom stereocenters. The van der Waals surface area contributed by atoms with Crippen molar-refractivity contribution in [2.24, 2.45) is 0 Å². The van der Waals surface area contributed by atoms with Gasteiger partial charge in [-0.2, -0.15) is 0 Å². The molecule has 0 saturated heterocycles. The maximum atomic E-state index is 12.5. The molecule has 158 valence electrons. The van der Waals surface area contributed by atoms with Crippen LogP contribution in [0.5, 0.6) is 0 Å². The quantitative estimate of drug-likeness (QED) is 0.511. The van der Waals surface area contributed by atoms with Crippen LogP contribution in [0, 0.1) is 0 Å². The van der Waals surface area contributed by atoms with E-state index in [0.717, 1.165) is 29.9 Å². The predicted molar refractivity (Wildman–Crippen MR) is 125 cm³/mol. The highest BCUT2D eigenvalue weighted by molar-refractivity contribution is 5.98. The first-order valence-corrected chi connectivity index (χ1v) is 10.4. The molecule has 2 amide bonds. The summed E-state index contributed by atoms with van der Waals surface area (Å²) in [5.74, 6) is -0.286. The lowest BCUT2D eigenvalue weighted by Crippen LogP contribution is -2.26. The minimum Gasteiger partial charge on any atom is -0.374 e. The van der Waals surface area contributed by atoms with E-state index in [1.165, 1.54) is 0 Å². The molecular weight excluding hydrogens is 388 g/mol. The third kappa shape index (κ3) is 5.42. The van der Waals surface area contributed by atoms with E-state index < -0.39 is 0 Å². The average Bonchev–Trinajstić information content (AvgIpc) is 3.62. The second-order valence-corrected chi connectivity index (χ2v) is 7.64. The molecule has 1 aliphatic rings. The summed E-state index contributed by atoms with van der Waals surface area (Å²) < 4.78 is 0. The summed E-state index contributed by atoms with van der Waals surface area (Å²) >= 11 is 0. The Balaban J connectivity index is 1.38. The third-order valence-corrected chi connectivity index (χ3v) is 5.17. The van der Waals surface area contributed by atoms with E-state index in [2.05, 4.69) is 20.9 Å². The highest BCUT2D eigenvalue weighted by atomic mass is 16.2. The zero-order valence-electron chi connectivity index (χ0n) is 17.5. The number of rotatable bonds is 8. The van der Waals surface area contributed by atoms with E-state index >= 15 is 0 Å². The molecule has 4 rings (SSSR count). The lowest BCUT2D eigenvalue weighted by Gasteiger charge is -2.23. The fourth-order valence-electron chi connectivity index (χ4n) is 3.32. The average molecular weight is 415 g/mol. The van der Waals surface area contributed by atoms with Gasteiger partial charge < -0.3 is 20.9 Å². The zero-order chi connectivity index (χ0) is 21.6. The van der Waals surface area contributed by atoms with E-state index in [9.17, 15) is 9.59 Å². The summed E-state index contributed by atoms with van der Waals surface area (Å²) in [5, 5.41) is 9.04. The van der Waals surface area contributed by atoms with Crippen molar-refractivity contribution in [2.45, 2.75) is 18.9 Å². The van der Waals surface area contributed by atoms with E-state index in [4.69, 9.17) is 0 Å². The Morgan fingerprint density at radius 1 is 0.935 bits per heavy atom. The molecule has 0 bridgehead atoms. The first-order chi connectivity index (χ1) is 15.1. The van der Waals surface area contributed by atoms with Gasteiger partial charge in [-0.1, -0.05) is 36.4 Å².